The zero-order chi connectivity index (χ0) is 15.1. The van der Waals surface area contributed by atoms with Crippen LogP contribution in [0, 0.1) is 0 Å². The molecule has 1 aromatic heterocycles. The van der Waals surface area contributed by atoms with Gasteiger partial charge in [0.15, 0.2) is 0 Å². The minimum absolute atomic E-state index is 0.353. The molecule has 1 N–H and O–H groups in total. The molecule has 6 nitrogen and oxygen atoms in total. The Morgan fingerprint density at radius 2 is 2.38 bits per heavy atom. The highest BCUT2D eigenvalue weighted by Gasteiger charge is 2.03. The van der Waals surface area contributed by atoms with Gasteiger partial charge in [0.25, 0.3) is 0 Å². The molecule has 2 rings (SSSR count). The second-order valence-corrected chi connectivity index (χ2v) is 4.54. The molecule has 0 spiro atoms. The summed E-state index contributed by atoms with van der Waals surface area (Å²) in [5.41, 5.74) is 1.71. The molecule has 0 unspecified atom stereocenters. The number of esters is 1. The normalized spacial score (nSPS) is 10.8. The van der Waals surface area contributed by atoms with Gasteiger partial charge in [-0.15, -0.1) is 0 Å². The summed E-state index contributed by atoms with van der Waals surface area (Å²) >= 11 is 6.22. The molecule has 2 aromatic rings. The summed E-state index contributed by atoms with van der Waals surface area (Å²) < 4.78 is 6.46. The summed E-state index contributed by atoms with van der Waals surface area (Å²) in [4.78, 5) is 15.0. The molecule has 0 saturated heterocycles. The van der Waals surface area contributed by atoms with E-state index in [1.165, 1.54) is 18.6 Å². The van der Waals surface area contributed by atoms with Crippen LogP contribution in [0.5, 0.6) is 0 Å². The number of rotatable bonds is 6. The quantitative estimate of drug-likeness (QED) is 0.656. The molecule has 1 aromatic carbocycles. The Labute approximate surface area is 127 Å². The zero-order valence-electron chi connectivity index (χ0n) is 11.5. The molecule has 0 radical (unpaired) electrons. The molecule has 0 amide bonds. The molecular weight excluding hydrogens is 292 g/mol. The van der Waals surface area contributed by atoms with Gasteiger partial charge < -0.3 is 10.1 Å². The van der Waals surface area contributed by atoms with Gasteiger partial charge in [-0.1, -0.05) is 17.7 Å². The lowest BCUT2D eigenvalue weighted by Gasteiger charge is -2.07. The number of aromatic nitrogens is 3. The highest BCUT2D eigenvalue weighted by atomic mass is 35.5. The topological polar surface area (TPSA) is 69.0 Å². The SMILES string of the molecule is CCOC(=O)/C=C/Nc1ccc(Cn2cncn2)c(Cl)c1. The van der Waals surface area contributed by atoms with Crippen molar-refractivity contribution in [1.29, 1.82) is 0 Å². The molecule has 0 aliphatic heterocycles. The number of hydrogen-bond acceptors (Lipinski definition) is 5. The van der Waals surface area contributed by atoms with E-state index in [9.17, 15) is 4.79 Å². The van der Waals surface area contributed by atoms with E-state index >= 15 is 0 Å². The van der Waals surface area contributed by atoms with Crippen LogP contribution in [-0.2, 0) is 16.1 Å². The van der Waals surface area contributed by atoms with Gasteiger partial charge >= 0.3 is 5.97 Å². The third kappa shape index (κ3) is 4.61. The number of hydrogen-bond donors (Lipinski definition) is 1. The first kappa shape index (κ1) is 15.1. The molecule has 0 aliphatic carbocycles. The van der Waals surface area contributed by atoms with E-state index in [-0.39, 0.29) is 5.97 Å². The summed E-state index contributed by atoms with van der Waals surface area (Å²) in [6, 6.07) is 5.54. The van der Waals surface area contributed by atoms with Crippen molar-refractivity contribution in [3.8, 4) is 0 Å². The van der Waals surface area contributed by atoms with Gasteiger partial charge in [-0.25, -0.2) is 14.5 Å². The van der Waals surface area contributed by atoms with E-state index in [2.05, 4.69) is 15.4 Å². The molecular formula is C14H15ClN4O2. The standard InChI is InChI=1S/C14H15ClN4O2/c1-2-21-14(20)5-6-17-12-4-3-11(13(15)7-12)8-19-10-16-9-18-19/h3-7,9-10,17H,2,8H2,1H3/b6-5+. The van der Waals surface area contributed by atoms with E-state index in [1.54, 1.807) is 24.0 Å². The second-order valence-electron chi connectivity index (χ2n) is 4.13. The zero-order valence-corrected chi connectivity index (χ0v) is 12.2. The number of carbonyl (C=O) groups is 1. The Morgan fingerprint density at radius 3 is 3.05 bits per heavy atom. The van der Waals surface area contributed by atoms with Crippen molar-refractivity contribution in [3.63, 3.8) is 0 Å². The molecule has 1 heterocycles. The lowest BCUT2D eigenvalue weighted by atomic mass is 10.2. The predicted octanol–water partition coefficient (Wildman–Crippen LogP) is 2.47. The molecule has 110 valence electrons. The molecule has 0 aliphatic rings. The van der Waals surface area contributed by atoms with E-state index in [0.29, 0.717) is 18.2 Å². The summed E-state index contributed by atoms with van der Waals surface area (Å²) in [5.74, 6) is -0.390. The van der Waals surface area contributed by atoms with Crippen LogP contribution >= 0.6 is 11.6 Å². The molecule has 0 atom stereocenters. The van der Waals surface area contributed by atoms with Crippen molar-refractivity contribution in [2.45, 2.75) is 13.5 Å². The van der Waals surface area contributed by atoms with Crippen LogP contribution in [0.2, 0.25) is 5.02 Å². The number of nitrogens with one attached hydrogen (secondary N) is 1. The number of nitrogens with zero attached hydrogens (tertiary/aromatic N) is 3. The number of halogens is 1. The average molecular weight is 307 g/mol. The Kier molecular flexibility index (Phi) is 5.34. The lowest BCUT2D eigenvalue weighted by molar-refractivity contribution is -0.137. The Bertz CT molecular complexity index is 626. The van der Waals surface area contributed by atoms with Gasteiger partial charge in [0.1, 0.15) is 12.7 Å². The van der Waals surface area contributed by atoms with Crippen LogP contribution in [0.1, 0.15) is 12.5 Å². The lowest BCUT2D eigenvalue weighted by Crippen LogP contribution is -2.02. The molecule has 21 heavy (non-hydrogen) atoms. The van der Waals surface area contributed by atoms with E-state index in [0.717, 1.165) is 11.3 Å². The third-order valence-corrected chi connectivity index (χ3v) is 2.96. The minimum Gasteiger partial charge on any atom is -0.463 e. The van der Waals surface area contributed by atoms with Crippen LogP contribution < -0.4 is 5.32 Å². The van der Waals surface area contributed by atoms with Gasteiger partial charge in [0.05, 0.1) is 13.2 Å². The van der Waals surface area contributed by atoms with Crippen LogP contribution in [0.3, 0.4) is 0 Å². The van der Waals surface area contributed by atoms with Gasteiger partial charge in [-0.2, -0.15) is 5.10 Å². The Balaban J connectivity index is 1.97. The fraction of sp³-hybridized carbons (Fsp3) is 0.214. The Morgan fingerprint density at radius 1 is 1.52 bits per heavy atom. The van der Waals surface area contributed by atoms with Crippen LogP contribution in [0.4, 0.5) is 5.69 Å². The molecule has 0 saturated carbocycles. The third-order valence-electron chi connectivity index (χ3n) is 2.61. The van der Waals surface area contributed by atoms with Crippen molar-refractivity contribution in [2.24, 2.45) is 0 Å². The number of benzene rings is 1. The largest absolute Gasteiger partial charge is 0.463 e. The maximum Gasteiger partial charge on any atom is 0.332 e. The average Bonchev–Trinajstić information content (AvgIpc) is 2.95. The monoisotopic (exact) mass is 306 g/mol. The van der Waals surface area contributed by atoms with Crippen molar-refractivity contribution >= 4 is 23.3 Å². The minimum atomic E-state index is -0.390. The van der Waals surface area contributed by atoms with Crippen LogP contribution in [0.15, 0.2) is 43.1 Å². The highest BCUT2D eigenvalue weighted by molar-refractivity contribution is 6.31. The first-order valence-corrected chi connectivity index (χ1v) is 6.77. The first-order chi connectivity index (χ1) is 10.2. The van der Waals surface area contributed by atoms with Gasteiger partial charge in [0, 0.05) is 23.0 Å². The van der Waals surface area contributed by atoms with E-state index in [4.69, 9.17) is 16.3 Å². The number of ether oxygens (including phenoxy) is 1. The summed E-state index contributed by atoms with van der Waals surface area (Å²) in [6.07, 6.45) is 5.94. The summed E-state index contributed by atoms with van der Waals surface area (Å²) in [5, 5.41) is 7.60. The van der Waals surface area contributed by atoms with E-state index in [1.807, 2.05) is 12.1 Å². The second kappa shape index (κ2) is 7.44. The Hall–Kier alpha value is -2.34. The van der Waals surface area contributed by atoms with Gasteiger partial charge in [0.2, 0.25) is 0 Å². The van der Waals surface area contributed by atoms with Crippen molar-refractivity contribution in [3.05, 3.63) is 53.7 Å². The molecule has 0 fully saturated rings. The van der Waals surface area contributed by atoms with Crippen molar-refractivity contribution in [1.82, 2.24) is 14.8 Å². The maximum atomic E-state index is 11.1. The number of carbonyl (C=O) groups excluding carboxylic acids is 1. The van der Waals surface area contributed by atoms with E-state index < -0.39 is 0 Å². The van der Waals surface area contributed by atoms with Crippen molar-refractivity contribution in [2.75, 3.05) is 11.9 Å². The highest BCUT2D eigenvalue weighted by Crippen LogP contribution is 2.21. The van der Waals surface area contributed by atoms with Crippen LogP contribution in [-0.4, -0.2) is 27.3 Å². The van der Waals surface area contributed by atoms with Crippen LogP contribution in [0.25, 0.3) is 0 Å². The smallest absolute Gasteiger partial charge is 0.332 e. The fourth-order valence-corrected chi connectivity index (χ4v) is 1.89. The molecule has 7 heteroatoms. The van der Waals surface area contributed by atoms with Crippen molar-refractivity contribution < 1.29 is 9.53 Å². The first-order valence-electron chi connectivity index (χ1n) is 6.39. The maximum absolute atomic E-state index is 11.1. The summed E-state index contributed by atoms with van der Waals surface area (Å²) in [7, 11) is 0. The number of anilines is 1. The summed E-state index contributed by atoms with van der Waals surface area (Å²) in [6.45, 7) is 2.66. The predicted molar refractivity (Wildman–Crippen MR) is 80.0 cm³/mol. The molecule has 0 bridgehead atoms. The fourth-order valence-electron chi connectivity index (χ4n) is 1.65. The van der Waals surface area contributed by atoms with Gasteiger partial charge in [-0.3, -0.25) is 0 Å². The van der Waals surface area contributed by atoms with Gasteiger partial charge in [-0.05, 0) is 24.6 Å².